The Kier molecular flexibility index (Phi) is 4.47. The monoisotopic (exact) mass is 322 g/mol. The number of benzene rings is 2. The van der Waals surface area contributed by atoms with E-state index in [1.165, 1.54) is 0 Å². The fraction of sp³-hybridized carbons (Fsp3) is 0.111. The second-order valence-electron chi connectivity index (χ2n) is 5.03. The van der Waals surface area contributed by atoms with Gasteiger partial charge in [0.1, 0.15) is 0 Å². The summed E-state index contributed by atoms with van der Waals surface area (Å²) in [5, 5.41) is 7.42. The third kappa shape index (κ3) is 3.38. The van der Waals surface area contributed by atoms with Gasteiger partial charge < -0.3 is 9.15 Å². The average molecular weight is 322 g/mol. The van der Waals surface area contributed by atoms with Crippen LogP contribution in [0.3, 0.4) is 0 Å². The molecule has 0 radical (unpaired) electrons. The highest BCUT2D eigenvalue weighted by molar-refractivity contribution is 6.14. The van der Waals surface area contributed by atoms with Crippen molar-refractivity contribution in [1.29, 1.82) is 0 Å². The topological polar surface area (TPSA) is 82.3 Å². The maximum absolute atomic E-state index is 12.6. The van der Waals surface area contributed by atoms with Crippen molar-refractivity contribution in [3.8, 4) is 0 Å². The lowest BCUT2D eigenvalue weighted by Gasteiger charge is -2.08. The van der Waals surface area contributed by atoms with E-state index >= 15 is 0 Å². The van der Waals surface area contributed by atoms with Crippen LogP contribution in [-0.2, 0) is 11.3 Å². The third-order valence-electron chi connectivity index (χ3n) is 3.32. The van der Waals surface area contributed by atoms with Crippen molar-refractivity contribution in [1.82, 2.24) is 10.2 Å². The lowest BCUT2D eigenvalue weighted by Crippen LogP contribution is -2.12. The number of aromatic nitrogens is 2. The van der Waals surface area contributed by atoms with Gasteiger partial charge in [-0.2, -0.15) is 0 Å². The van der Waals surface area contributed by atoms with Gasteiger partial charge in [-0.15, -0.1) is 10.2 Å². The van der Waals surface area contributed by atoms with Gasteiger partial charge in [-0.25, -0.2) is 4.79 Å². The molecule has 1 aromatic heterocycles. The molecule has 0 saturated carbocycles. The normalized spacial score (nSPS) is 10.4. The van der Waals surface area contributed by atoms with Crippen molar-refractivity contribution in [2.75, 3.05) is 0 Å². The molecular formula is C18H14N2O4. The van der Waals surface area contributed by atoms with Crippen LogP contribution in [0.25, 0.3) is 0 Å². The van der Waals surface area contributed by atoms with Gasteiger partial charge in [-0.05, 0) is 6.07 Å². The van der Waals surface area contributed by atoms with Crippen LogP contribution in [0, 0.1) is 6.92 Å². The van der Waals surface area contributed by atoms with E-state index in [2.05, 4.69) is 10.2 Å². The summed E-state index contributed by atoms with van der Waals surface area (Å²) in [7, 11) is 0. The average Bonchev–Trinajstić information content (AvgIpc) is 3.05. The number of hydrogen-bond acceptors (Lipinski definition) is 6. The summed E-state index contributed by atoms with van der Waals surface area (Å²) >= 11 is 0. The van der Waals surface area contributed by atoms with E-state index in [4.69, 9.17) is 9.15 Å². The zero-order valence-corrected chi connectivity index (χ0v) is 12.9. The fourth-order valence-electron chi connectivity index (χ4n) is 2.21. The zero-order valence-electron chi connectivity index (χ0n) is 12.9. The molecule has 0 amide bonds. The van der Waals surface area contributed by atoms with E-state index in [1.54, 1.807) is 55.5 Å². The Morgan fingerprint density at radius 3 is 2.29 bits per heavy atom. The second kappa shape index (κ2) is 6.87. The molecule has 0 atom stereocenters. The van der Waals surface area contributed by atoms with Gasteiger partial charge in [0, 0.05) is 18.1 Å². The van der Waals surface area contributed by atoms with Gasteiger partial charge in [-0.3, -0.25) is 4.79 Å². The van der Waals surface area contributed by atoms with Gasteiger partial charge in [0.15, 0.2) is 12.4 Å². The van der Waals surface area contributed by atoms with Crippen molar-refractivity contribution < 1.29 is 18.7 Å². The molecule has 0 aliphatic rings. The second-order valence-corrected chi connectivity index (χ2v) is 5.03. The van der Waals surface area contributed by atoms with Gasteiger partial charge in [-0.1, -0.05) is 48.5 Å². The van der Waals surface area contributed by atoms with Crippen molar-refractivity contribution in [3.63, 3.8) is 0 Å². The molecule has 0 N–H and O–H groups in total. The third-order valence-corrected chi connectivity index (χ3v) is 3.32. The van der Waals surface area contributed by atoms with Crippen LogP contribution < -0.4 is 0 Å². The van der Waals surface area contributed by atoms with Crippen LogP contribution in [0.2, 0.25) is 0 Å². The van der Waals surface area contributed by atoms with Crippen LogP contribution >= 0.6 is 0 Å². The van der Waals surface area contributed by atoms with E-state index < -0.39 is 5.97 Å². The number of rotatable bonds is 5. The summed E-state index contributed by atoms with van der Waals surface area (Å²) in [4.78, 5) is 24.9. The molecule has 0 aliphatic carbocycles. The summed E-state index contributed by atoms with van der Waals surface area (Å²) in [6.45, 7) is 1.50. The first-order valence-electron chi connectivity index (χ1n) is 7.30. The number of nitrogens with zero attached hydrogens (tertiary/aromatic N) is 2. The molecule has 1 heterocycles. The Bertz CT molecular complexity index is 871. The maximum Gasteiger partial charge on any atom is 0.339 e. The molecule has 3 aromatic rings. The minimum absolute atomic E-state index is 0.145. The first-order chi connectivity index (χ1) is 11.6. The largest absolute Gasteiger partial charge is 0.452 e. The minimum Gasteiger partial charge on any atom is -0.452 e. The van der Waals surface area contributed by atoms with Crippen LogP contribution in [0.5, 0.6) is 0 Å². The lowest BCUT2D eigenvalue weighted by molar-refractivity contribution is 0.0434. The van der Waals surface area contributed by atoms with E-state index in [1.807, 2.05) is 6.07 Å². The Balaban J connectivity index is 1.81. The predicted octanol–water partition coefficient (Wildman–Crippen LogP) is 2.97. The molecule has 120 valence electrons. The standard InChI is InChI=1S/C18H14N2O4/c1-12-19-20-16(24-12)11-23-18(22)15-10-6-5-9-14(15)17(21)13-7-3-2-4-8-13/h2-10H,11H2,1H3. The molecule has 3 rings (SSSR count). The molecule has 6 heteroatoms. The summed E-state index contributed by atoms with van der Waals surface area (Å²) in [6.07, 6.45) is 0. The SMILES string of the molecule is Cc1nnc(COC(=O)c2ccccc2C(=O)c2ccccc2)o1. The van der Waals surface area contributed by atoms with Crippen molar-refractivity contribution in [2.45, 2.75) is 13.5 Å². The van der Waals surface area contributed by atoms with Crippen LogP contribution in [-0.4, -0.2) is 21.9 Å². The summed E-state index contributed by atoms with van der Waals surface area (Å²) in [5.74, 6) is -0.268. The maximum atomic E-state index is 12.6. The number of hydrogen-bond donors (Lipinski definition) is 0. The lowest BCUT2D eigenvalue weighted by atomic mass is 9.98. The number of ether oxygens (including phenoxy) is 1. The van der Waals surface area contributed by atoms with Gasteiger partial charge >= 0.3 is 5.97 Å². The predicted molar refractivity (Wildman–Crippen MR) is 84.5 cm³/mol. The number of ketones is 1. The zero-order chi connectivity index (χ0) is 16.9. The van der Waals surface area contributed by atoms with Crippen LogP contribution in [0.1, 0.15) is 38.1 Å². The first kappa shape index (κ1) is 15.6. The molecule has 0 spiro atoms. The molecule has 6 nitrogen and oxygen atoms in total. The van der Waals surface area contributed by atoms with Crippen molar-refractivity contribution >= 4 is 11.8 Å². The van der Waals surface area contributed by atoms with Crippen LogP contribution in [0.15, 0.2) is 59.0 Å². The van der Waals surface area contributed by atoms with E-state index in [0.717, 1.165) is 0 Å². The molecule has 0 saturated heterocycles. The quantitative estimate of drug-likeness (QED) is 0.530. The molecule has 0 unspecified atom stereocenters. The first-order valence-corrected chi connectivity index (χ1v) is 7.30. The Hall–Kier alpha value is -3.28. The molecule has 24 heavy (non-hydrogen) atoms. The van der Waals surface area contributed by atoms with E-state index in [0.29, 0.717) is 11.5 Å². The van der Waals surface area contributed by atoms with Gasteiger partial charge in [0.25, 0.3) is 5.89 Å². The van der Waals surface area contributed by atoms with Gasteiger partial charge in [0.05, 0.1) is 5.56 Å². The minimum atomic E-state index is -0.620. The summed E-state index contributed by atoms with van der Waals surface area (Å²) < 4.78 is 10.3. The Morgan fingerprint density at radius 1 is 0.958 bits per heavy atom. The van der Waals surface area contributed by atoms with E-state index in [9.17, 15) is 9.59 Å². The Morgan fingerprint density at radius 2 is 1.62 bits per heavy atom. The fourth-order valence-corrected chi connectivity index (χ4v) is 2.21. The molecule has 0 bridgehead atoms. The number of carbonyl (C=O) groups excluding carboxylic acids is 2. The number of carbonyl (C=O) groups is 2. The van der Waals surface area contributed by atoms with Gasteiger partial charge in [0.2, 0.25) is 5.89 Å². The molecular weight excluding hydrogens is 308 g/mol. The molecule has 0 fully saturated rings. The number of aryl methyl sites for hydroxylation is 1. The molecule has 2 aromatic carbocycles. The highest BCUT2D eigenvalue weighted by Gasteiger charge is 2.19. The smallest absolute Gasteiger partial charge is 0.339 e. The van der Waals surface area contributed by atoms with Crippen LogP contribution in [0.4, 0.5) is 0 Å². The molecule has 0 aliphatic heterocycles. The summed E-state index contributed by atoms with van der Waals surface area (Å²) in [6, 6.07) is 15.3. The van der Waals surface area contributed by atoms with Crippen molar-refractivity contribution in [3.05, 3.63) is 83.1 Å². The Labute approximate surface area is 138 Å². The summed E-state index contributed by atoms with van der Waals surface area (Å²) in [5.41, 5.74) is 0.989. The van der Waals surface area contributed by atoms with Crippen molar-refractivity contribution in [2.24, 2.45) is 0 Å². The van der Waals surface area contributed by atoms with E-state index in [-0.39, 0.29) is 29.4 Å². The highest BCUT2D eigenvalue weighted by atomic mass is 16.5. The highest BCUT2D eigenvalue weighted by Crippen LogP contribution is 2.16. The number of esters is 1.